The van der Waals surface area contributed by atoms with Crippen molar-refractivity contribution >= 4 is 24.2 Å². The van der Waals surface area contributed by atoms with Crippen molar-refractivity contribution in [2.24, 2.45) is 0 Å². The zero-order chi connectivity index (χ0) is 14.4. The van der Waals surface area contributed by atoms with Crippen LogP contribution in [0.1, 0.15) is 12.0 Å². The van der Waals surface area contributed by atoms with Crippen molar-refractivity contribution in [3.8, 4) is 0 Å². The Kier molecular flexibility index (Phi) is 8.63. The number of aliphatic hydroxyl groups excluding tert-OH is 3. The van der Waals surface area contributed by atoms with E-state index in [-0.39, 0.29) is 18.4 Å². The topological polar surface area (TPSA) is 72.7 Å². The van der Waals surface area contributed by atoms with Crippen molar-refractivity contribution in [1.82, 2.24) is 5.32 Å². The molecule has 4 N–H and O–H groups in total. The summed E-state index contributed by atoms with van der Waals surface area (Å²) in [6, 6.07) is 10.3. The van der Waals surface area contributed by atoms with Gasteiger partial charge in [0.2, 0.25) is 0 Å². The van der Waals surface area contributed by atoms with Gasteiger partial charge in [-0.25, -0.2) is 0 Å². The Hall–Kier alpha value is -0.300. The molecule has 0 amide bonds. The number of rotatable bonds is 6. The molecule has 1 aromatic carbocycles. The number of piperidine rings is 1. The first-order chi connectivity index (χ1) is 9.68. The average Bonchev–Trinajstić information content (AvgIpc) is 2.48. The Labute approximate surface area is 136 Å². The maximum atomic E-state index is 9.86. The summed E-state index contributed by atoms with van der Waals surface area (Å²) < 4.78 is 0. The number of β-amino-alcohol motifs (C(OH)–C–C–N with tert-alkyl or cyclic N) is 1. The minimum absolute atomic E-state index is 0. The predicted octanol–water partition coefficient (Wildman–Crippen LogP) is 0.829. The molecule has 120 valence electrons. The van der Waals surface area contributed by atoms with E-state index in [1.807, 2.05) is 17.8 Å². The van der Waals surface area contributed by atoms with E-state index < -0.39 is 18.3 Å². The van der Waals surface area contributed by atoms with Gasteiger partial charge in [-0.3, -0.25) is 0 Å². The molecule has 1 aromatic rings. The first kappa shape index (κ1) is 18.7. The van der Waals surface area contributed by atoms with E-state index >= 15 is 0 Å². The van der Waals surface area contributed by atoms with E-state index in [1.165, 1.54) is 5.56 Å². The zero-order valence-corrected chi connectivity index (χ0v) is 13.5. The molecule has 4 nitrogen and oxygen atoms in total. The average molecular weight is 334 g/mol. The number of hydrogen-bond donors (Lipinski definition) is 4. The molecule has 1 heterocycles. The van der Waals surface area contributed by atoms with Gasteiger partial charge >= 0.3 is 0 Å². The van der Waals surface area contributed by atoms with Crippen molar-refractivity contribution in [3.63, 3.8) is 0 Å². The molecule has 1 aliphatic heterocycles. The van der Waals surface area contributed by atoms with Gasteiger partial charge in [-0.15, -0.1) is 12.4 Å². The Bertz CT molecular complexity index is 396. The molecule has 0 aromatic heterocycles. The van der Waals surface area contributed by atoms with Gasteiger partial charge in [0.25, 0.3) is 0 Å². The van der Waals surface area contributed by atoms with E-state index in [1.54, 1.807) is 0 Å². The summed E-state index contributed by atoms with van der Waals surface area (Å²) in [4.78, 5) is 0. The zero-order valence-electron chi connectivity index (χ0n) is 11.9. The van der Waals surface area contributed by atoms with Crippen LogP contribution in [0, 0.1) is 0 Å². The molecule has 4 atom stereocenters. The number of thioether (sulfide) groups is 1. The lowest BCUT2D eigenvalue weighted by atomic mass is 9.94. The van der Waals surface area contributed by atoms with Crippen LogP contribution in [-0.4, -0.2) is 57.7 Å². The van der Waals surface area contributed by atoms with Crippen LogP contribution >= 0.6 is 24.2 Å². The van der Waals surface area contributed by atoms with Gasteiger partial charge in [-0.1, -0.05) is 30.3 Å². The molecule has 1 aliphatic rings. The molecule has 0 bridgehead atoms. The molecule has 1 saturated heterocycles. The number of aryl methyl sites for hydroxylation is 1. The molecule has 0 radical (unpaired) electrons. The van der Waals surface area contributed by atoms with Crippen LogP contribution in [0.2, 0.25) is 0 Å². The summed E-state index contributed by atoms with van der Waals surface area (Å²) in [5.74, 6) is 1.99. The lowest BCUT2D eigenvalue weighted by Gasteiger charge is -2.36. The fourth-order valence-electron chi connectivity index (χ4n) is 2.40. The highest BCUT2D eigenvalue weighted by Crippen LogP contribution is 2.16. The molecule has 0 unspecified atom stereocenters. The molecule has 0 spiro atoms. The van der Waals surface area contributed by atoms with Crippen LogP contribution in [-0.2, 0) is 6.42 Å². The fraction of sp³-hybridized carbons (Fsp3) is 0.600. The van der Waals surface area contributed by atoms with Crippen molar-refractivity contribution < 1.29 is 15.3 Å². The summed E-state index contributed by atoms with van der Waals surface area (Å²) in [5.41, 5.74) is 1.34. The standard InChI is InChI=1S/C15H23NO3S.ClH/c17-13-10-16-12(14(18)15(13)19)7-9-20-8-6-11-4-2-1-3-5-11;/h1-5,12-19H,6-10H2;1H/t12-,13-,14+,15+;/m1./s1. The van der Waals surface area contributed by atoms with E-state index in [0.29, 0.717) is 6.54 Å². The smallest absolute Gasteiger partial charge is 0.108 e. The predicted molar refractivity (Wildman–Crippen MR) is 89.1 cm³/mol. The number of hydrogen-bond acceptors (Lipinski definition) is 5. The van der Waals surface area contributed by atoms with Crippen molar-refractivity contribution in [2.75, 3.05) is 18.1 Å². The minimum Gasteiger partial charge on any atom is -0.389 e. The molecule has 6 heteroatoms. The van der Waals surface area contributed by atoms with Gasteiger partial charge < -0.3 is 20.6 Å². The fourth-order valence-corrected chi connectivity index (χ4v) is 3.40. The Balaban J connectivity index is 0.00000220. The van der Waals surface area contributed by atoms with Gasteiger partial charge in [0.1, 0.15) is 6.10 Å². The van der Waals surface area contributed by atoms with Crippen LogP contribution in [0.3, 0.4) is 0 Å². The molecular weight excluding hydrogens is 310 g/mol. The largest absolute Gasteiger partial charge is 0.389 e. The summed E-state index contributed by atoms with van der Waals surface area (Å²) in [6.45, 7) is 0.345. The summed E-state index contributed by atoms with van der Waals surface area (Å²) >= 11 is 1.85. The third-order valence-electron chi connectivity index (χ3n) is 3.70. The summed E-state index contributed by atoms with van der Waals surface area (Å²) in [5, 5.41) is 32.0. The Morgan fingerprint density at radius 2 is 1.76 bits per heavy atom. The highest BCUT2D eigenvalue weighted by molar-refractivity contribution is 7.99. The molecular formula is C15H24ClNO3S. The first-order valence-corrected chi connectivity index (χ1v) is 8.23. The third-order valence-corrected chi connectivity index (χ3v) is 4.71. The van der Waals surface area contributed by atoms with E-state index in [2.05, 4.69) is 29.6 Å². The maximum absolute atomic E-state index is 9.86. The van der Waals surface area contributed by atoms with Crippen LogP contribution in [0.15, 0.2) is 30.3 Å². The lowest BCUT2D eigenvalue weighted by Crippen LogP contribution is -2.59. The second-order valence-electron chi connectivity index (χ2n) is 5.20. The Morgan fingerprint density at radius 3 is 2.48 bits per heavy atom. The van der Waals surface area contributed by atoms with Gasteiger partial charge in [0.05, 0.1) is 12.2 Å². The van der Waals surface area contributed by atoms with E-state index in [9.17, 15) is 15.3 Å². The summed E-state index contributed by atoms with van der Waals surface area (Å²) in [7, 11) is 0. The third kappa shape index (κ3) is 5.77. The number of halogens is 1. The lowest BCUT2D eigenvalue weighted by molar-refractivity contribution is -0.0941. The van der Waals surface area contributed by atoms with Crippen LogP contribution in [0.4, 0.5) is 0 Å². The molecule has 2 rings (SSSR count). The highest BCUT2D eigenvalue weighted by Gasteiger charge is 2.35. The second-order valence-corrected chi connectivity index (χ2v) is 6.42. The molecule has 1 fully saturated rings. The maximum Gasteiger partial charge on any atom is 0.108 e. The number of aliphatic hydroxyl groups is 3. The highest BCUT2D eigenvalue weighted by atomic mass is 35.5. The normalized spacial score (nSPS) is 28.9. The first-order valence-electron chi connectivity index (χ1n) is 7.07. The quantitative estimate of drug-likeness (QED) is 0.580. The van der Waals surface area contributed by atoms with Crippen molar-refractivity contribution in [3.05, 3.63) is 35.9 Å². The monoisotopic (exact) mass is 333 g/mol. The van der Waals surface area contributed by atoms with Crippen LogP contribution < -0.4 is 5.32 Å². The Morgan fingerprint density at radius 1 is 1.05 bits per heavy atom. The summed E-state index contributed by atoms with van der Waals surface area (Å²) in [6.07, 6.45) is -0.936. The van der Waals surface area contributed by atoms with Crippen LogP contribution in [0.25, 0.3) is 0 Å². The van der Waals surface area contributed by atoms with E-state index in [0.717, 1.165) is 24.3 Å². The second kappa shape index (κ2) is 9.66. The van der Waals surface area contributed by atoms with Crippen molar-refractivity contribution in [2.45, 2.75) is 37.2 Å². The van der Waals surface area contributed by atoms with Gasteiger partial charge in [-0.05, 0) is 29.9 Å². The molecule has 0 saturated carbocycles. The minimum atomic E-state index is -1.03. The number of benzene rings is 1. The van der Waals surface area contributed by atoms with Crippen molar-refractivity contribution in [1.29, 1.82) is 0 Å². The van der Waals surface area contributed by atoms with Gasteiger partial charge in [-0.2, -0.15) is 11.8 Å². The number of nitrogens with one attached hydrogen (secondary N) is 1. The van der Waals surface area contributed by atoms with Gasteiger partial charge in [0, 0.05) is 12.6 Å². The molecule has 0 aliphatic carbocycles. The van der Waals surface area contributed by atoms with Crippen LogP contribution in [0.5, 0.6) is 0 Å². The molecule has 21 heavy (non-hydrogen) atoms. The van der Waals surface area contributed by atoms with E-state index in [4.69, 9.17) is 0 Å². The van der Waals surface area contributed by atoms with Gasteiger partial charge in [0.15, 0.2) is 0 Å². The SMILES string of the molecule is Cl.O[C@@H]1[C@@H](O)[C@@H](CCSCCc2ccccc2)NC[C@H]1O.